The number of methoxy groups -OCH3 is 1. The first-order valence-electron chi connectivity index (χ1n) is 6.05. The molecule has 0 bridgehead atoms. The van der Waals surface area contributed by atoms with Gasteiger partial charge < -0.3 is 10.5 Å². The van der Waals surface area contributed by atoms with Gasteiger partial charge in [0.25, 0.3) is 0 Å². The van der Waals surface area contributed by atoms with Crippen molar-refractivity contribution in [1.29, 1.82) is 0 Å². The van der Waals surface area contributed by atoms with E-state index in [1.165, 1.54) is 6.07 Å². The van der Waals surface area contributed by atoms with Crippen molar-refractivity contribution < 1.29 is 9.13 Å². The molecule has 0 aromatic heterocycles. The summed E-state index contributed by atoms with van der Waals surface area (Å²) in [5.41, 5.74) is 7.68. The highest BCUT2D eigenvalue weighted by molar-refractivity contribution is 9.10. The summed E-state index contributed by atoms with van der Waals surface area (Å²) in [6, 6.07) is 9.95. The third-order valence-corrected chi connectivity index (χ3v) is 3.96. The Kier molecular flexibility index (Phi) is 5.02. The van der Waals surface area contributed by atoms with Gasteiger partial charge in [-0.25, -0.2) is 4.39 Å². The SMILES string of the molecule is COc1ccc(Br)cc1CC(N)c1cccc(F)c1Cl. The molecule has 2 rings (SSSR count). The largest absolute Gasteiger partial charge is 0.496 e. The molecule has 2 aromatic carbocycles. The second-order valence-electron chi connectivity index (χ2n) is 4.41. The van der Waals surface area contributed by atoms with Gasteiger partial charge in [0.05, 0.1) is 12.1 Å². The normalized spacial score (nSPS) is 12.2. The Balaban J connectivity index is 2.30. The summed E-state index contributed by atoms with van der Waals surface area (Å²) in [6.45, 7) is 0. The predicted octanol–water partition coefficient (Wildman–Crippen LogP) is 4.49. The zero-order valence-electron chi connectivity index (χ0n) is 10.9. The van der Waals surface area contributed by atoms with Crippen LogP contribution >= 0.6 is 27.5 Å². The number of hydrogen-bond acceptors (Lipinski definition) is 2. The van der Waals surface area contributed by atoms with Crippen LogP contribution in [0.2, 0.25) is 5.02 Å². The lowest BCUT2D eigenvalue weighted by atomic mass is 9.99. The minimum Gasteiger partial charge on any atom is -0.496 e. The molecule has 0 aliphatic carbocycles. The summed E-state index contributed by atoms with van der Waals surface area (Å²) in [4.78, 5) is 0. The van der Waals surface area contributed by atoms with Crippen molar-refractivity contribution in [2.75, 3.05) is 7.11 Å². The molecule has 5 heteroatoms. The first-order valence-corrected chi connectivity index (χ1v) is 7.22. The lowest BCUT2D eigenvalue weighted by Crippen LogP contribution is -2.15. The van der Waals surface area contributed by atoms with Gasteiger partial charge in [-0.2, -0.15) is 0 Å². The molecule has 1 unspecified atom stereocenters. The van der Waals surface area contributed by atoms with E-state index in [9.17, 15) is 4.39 Å². The highest BCUT2D eigenvalue weighted by Gasteiger charge is 2.16. The average Bonchev–Trinajstić information content (AvgIpc) is 2.42. The van der Waals surface area contributed by atoms with Crippen molar-refractivity contribution in [3.8, 4) is 5.75 Å². The standard InChI is InChI=1S/C15H14BrClFNO/c1-20-14-6-5-10(16)7-9(14)8-13(19)11-3-2-4-12(18)15(11)17/h2-7,13H,8,19H2,1H3. The lowest BCUT2D eigenvalue weighted by molar-refractivity contribution is 0.408. The Morgan fingerprint density at radius 2 is 2.10 bits per heavy atom. The molecule has 1 atom stereocenters. The summed E-state index contributed by atoms with van der Waals surface area (Å²) < 4.78 is 19.7. The molecule has 0 fully saturated rings. The summed E-state index contributed by atoms with van der Waals surface area (Å²) >= 11 is 9.38. The van der Waals surface area contributed by atoms with Gasteiger partial charge in [0.15, 0.2) is 0 Å². The molecule has 0 amide bonds. The van der Waals surface area contributed by atoms with Gasteiger partial charge in [0.2, 0.25) is 0 Å². The van der Waals surface area contributed by atoms with E-state index in [0.717, 1.165) is 15.8 Å². The van der Waals surface area contributed by atoms with Gasteiger partial charge >= 0.3 is 0 Å². The quantitative estimate of drug-likeness (QED) is 0.874. The molecule has 20 heavy (non-hydrogen) atoms. The monoisotopic (exact) mass is 357 g/mol. The Hall–Kier alpha value is -1.10. The highest BCUT2D eigenvalue weighted by atomic mass is 79.9. The van der Waals surface area contributed by atoms with E-state index in [2.05, 4.69) is 15.9 Å². The smallest absolute Gasteiger partial charge is 0.142 e. The molecule has 0 spiro atoms. The van der Waals surface area contributed by atoms with Gasteiger partial charge in [-0.15, -0.1) is 0 Å². The zero-order chi connectivity index (χ0) is 14.7. The number of hydrogen-bond donors (Lipinski definition) is 1. The maximum atomic E-state index is 13.5. The third kappa shape index (κ3) is 3.32. The summed E-state index contributed by atoms with van der Waals surface area (Å²) in [6.07, 6.45) is 0.506. The Bertz CT molecular complexity index is 621. The van der Waals surface area contributed by atoms with Gasteiger partial charge in [0.1, 0.15) is 11.6 Å². The molecule has 0 radical (unpaired) electrons. The van der Waals surface area contributed by atoms with Crippen molar-refractivity contribution in [3.05, 3.63) is 62.8 Å². The molecular formula is C15H14BrClFNO. The van der Waals surface area contributed by atoms with E-state index < -0.39 is 11.9 Å². The van der Waals surface area contributed by atoms with Crippen molar-refractivity contribution in [1.82, 2.24) is 0 Å². The van der Waals surface area contributed by atoms with Crippen molar-refractivity contribution in [2.24, 2.45) is 5.73 Å². The van der Waals surface area contributed by atoms with Gasteiger partial charge in [-0.3, -0.25) is 0 Å². The highest BCUT2D eigenvalue weighted by Crippen LogP contribution is 2.30. The minimum atomic E-state index is -0.458. The van der Waals surface area contributed by atoms with Gasteiger partial charge in [-0.05, 0) is 41.8 Å². The second-order valence-corrected chi connectivity index (χ2v) is 5.70. The van der Waals surface area contributed by atoms with E-state index in [4.69, 9.17) is 22.1 Å². The van der Waals surface area contributed by atoms with Gasteiger partial charge in [0, 0.05) is 10.5 Å². The van der Waals surface area contributed by atoms with Crippen LogP contribution in [0.3, 0.4) is 0 Å². The first-order chi connectivity index (χ1) is 9.52. The molecule has 106 valence electrons. The molecular weight excluding hydrogens is 345 g/mol. The van der Waals surface area contributed by atoms with Crippen LogP contribution in [0.15, 0.2) is 40.9 Å². The summed E-state index contributed by atoms with van der Waals surface area (Å²) in [5.74, 6) is 0.289. The maximum absolute atomic E-state index is 13.5. The Morgan fingerprint density at radius 1 is 1.35 bits per heavy atom. The molecule has 2 nitrogen and oxygen atoms in total. The number of benzene rings is 2. The predicted molar refractivity (Wildman–Crippen MR) is 82.7 cm³/mol. The molecule has 0 heterocycles. The molecule has 2 aromatic rings. The van der Waals surface area contributed by atoms with Gasteiger partial charge in [-0.1, -0.05) is 39.7 Å². The van der Waals surface area contributed by atoms with Crippen LogP contribution < -0.4 is 10.5 Å². The molecule has 2 N–H and O–H groups in total. The van der Waals surface area contributed by atoms with E-state index >= 15 is 0 Å². The fourth-order valence-corrected chi connectivity index (χ4v) is 2.74. The number of nitrogens with two attached hydrogens (primary N) is 1. The van der Waals surface area contributed by atoms with Crippen LogP contribution in [-0.2, 0) is 6.42 Å². The number of ether oxygens (including phenoxy) is 1. The second kappa shape index (κ2) is 6.57. The molecule has 0 saturated heterocycles. The average molecular weight is 359 g/mol. The Morgan fingerprint density at radius 3 is 2.80 bits per heavy atom. The van der Waals surface area contributed by atoms with Crippen LogP contribution in [0.4, 0.5) is 4.39 Å². The zero-order valence-corrected chi connectivity index (χ0v) is 13.2. The van der Waals surface area contributed by atoms with Crippen LogP contribution in [0, 0.1) is 5.82 Å². The minimum absolute atomic E-state index is 0.0777. The van der Waals surface area contributed by atoms with Crippen LogP contribution in [0.5, 0.6) is 5.75 Å². The molecule has 0 saturated carbocycles. The topological polar surface area (TPSA) is 35.2 Å². The van der Waals surface area contributed by atoms with Crippen molar-refractivity contribution >= 4 is 27.5 Å². The van der Waals surface area contributed by atoms with Crippen molar-refractivity contribution in [3.63, 3.8) is 0 Å². The lowest BCUT2D eigenvalue weighted by Gasteiger charge is -2.16. The van der Waals surface area contributed by atoms with E-state index in [1.807, 2.05) is 18.2 Å². The Labute approximate surface area is 130 Å². The van der Waals surface area contributed by atoms with Crippen LogP contribution in [-0.4, -0.2) is 7.11 Å². The van der Waals surface area contributed by atoms with Crippen molar-refractivity contribution in [2.45, 2.75) is 12.5 Å². The van der Waals surface area contributed by atoms with E-state index in [1.54, 1.807) is 19.2 Å². The molecule has 0 aliphatic rings. The first kappa shape index (κ1) is 15.3. The third-order valence-electron chi connectivity index (χ3n) is 3.06. The summed E-state index contributed by atoms with van der Waals surface area (Å²) in [5, 5.41) is 0.0777. The fourth-order valence-electron chi connectivity index (χ4n) is 2.06. The molecule has 0 aliphatic heterocycles. The van der Waals surface area contributed by atoms with Crippen LogP contribution in [0.25, 0.3) is 0 Å². The fraction of sp³-hybridized carbons (Fsp3) is 0.200. The van der Waals surface area contributed by atoms with E-state index in [-0.39, 0.29) is 5.02 Å². The van der Waals surface area contributed by atoms with E-state index in [0.29, 0.717) is 12.0 Å². The summed E-state index contributed by atoms with van der Waals surface area (Å²) in [7, 11) is 1.60. The maximum Gasteiger partial charge on any atom is 0.142 e. The number of halogens is 3. The van der Waals surface area contributed by atoms with Crippen LogP contribution in [0.1, 0.15) is 17.2 Å². The number of rotatable bonds is 4.